The molecule has 0 saturated heterocycles. The van der Waals surface area contributed by atoms with E-state index in [1.54, 1.807) is 6.07 Å². The molecule has 0 radical (unpaired) electrons. The lowest BCUT2D eigenvalue weighted by atomic mass is 9.69. The van der Waals surface area contributed by atoms with Crippen molar-refractivity contribution >= 4 is 5.57 Å². The number of hydrogen-bond donors (Lipinski definition) is 2. The minimum Gasteiger partial charge on any atom is -0.313 e. The third-order valence-corrected chi connectivity index (χ3v) is 3.70. The molecule has 0 aliphatic heterocycles. The Morgan fingerprint density at radius 3 is 1.82 bits per heavy atom. The molecule has 8 heteroatoms. The van der Waals surface area contributed by atoms with Crippen LogP contribution >= 0.6 is 0 Å². The zero-order chi connectivity index (χ0) is 16.8. The van der Waals surface area contributed by atoms with Gasteiger partial charge in [0.05, 0.1) is 5.66 Å². The second kappa shape index (κ2) is 4.99. The van der Waals surface area contributed by atoms with Crippen molar-refractivity contribution in [2.75, 3.05) is 0 Å². The van der Waals surface area contributed by atoms with Crippen molar-refractivity contribution in [3.63, 3.8) is 0 Å². The van der Waals surface area contributed by atoms with E-state index in [1.165, 1.54) is 24.3 Å². The number of benzene rings is 1. The van der Waals surface area contributed by atoms with Gasteiger partial charge in [-0.1, -0.05) is 36.4 Å². The van der Waals surface area contributed by atoms with Gasteiger partial charge in [-0.3, -0.25) is 0 Å². The van der Waals surface area contributed by atoms with Crippen molar-refractivity contribution in [1.29, 1.82) is 0 Å². The van der Waals surface area contributed by atoms with Crippen LogP contribution in [-0.2, 0) is 0 Å². The molecule has 0 amide bonds. The molecule has 0 atom stereocenters. The van der Waals surface area contributed by atoms with E-state index in [-0.39, 0.29) is 23.6 Å². The van der Waals surface area contributed by atoms with Crippen molar-refractivity contribution in [3.8, 4) is 0 Å². The van der Waals surface area contributed by atoms with Gasteiger partial charge in [-0.25, -0.2) is 0 Å². The van der Waals surface area contributed by atoms with E-state index in [2.05, 4.69) is 0 Å². The predicted molar refractivity (Wildman–Crippen MR) is 69.3 cm³/mol. The van der Waals surface area contributed by atoms with Gasteiger partial charge >= 0.3 is 12.4 Å². The lowest BCUT2D eigenvalue weighted by Crippen LogP contribution is -2.62. The molecule has 0 unspecified atom stereocenters. The summed E-state index contributed by atoms with van der Waals surface area (Å²) < 4.78 is 79.5. The van der Waals surface area contributed by atoms with Gasteiger partial charge in [0, 0.05) is 12.8 Å². The van der Waals surface area contributed by atoms with Crippen LogP contribution in [0.25, 0.3) is 5.57 Å². The number of rotatable bonds is 1. The quantitative estimate of drug-likeness (QED) is 0.613. The molecule has 0 heterocycles. The Balaban J connectivity index is 2.67. The summed E-state index contributed by atoms with van der Waals surface area (Å²) in [7, 11) is 0. The van der Waals surface area contributed by atoms with Crippen LogP contribution in [0.15, 0.2) is 36.4 Å². The summed E-state index contributed by atoms with van der Waals surface area (Å²) in [6.07, 6.45) is -12.6. The highest BCUT2D eigenvalue weighted by molar-refractivity contribution is 5.68. The molecule has 0 spiro atoms. The normalized spacial score (nSPS) is 21.4. The van der Waals surface area contributed by atoms with Gasteiger partial charge in [0.1, 0.15) is 0 Å². The van der Waals surface area contributed by atoms with Crippen molar-refractivity contribution in [3.05, 3.63) is 42.0 Å². The van der Waals surface area contributed by atoms with Crippen LogP contribution in [-0.4, -0.2) is 18.0 Å². The van der Waals surface area contributed by atoms with Crippen LogP contribution in [0.1, 0.15) is 18.4 Å². The molecule has 122 valence electrons. The summed E-state index contributed by atoms with van der Waals surface area (Å²) >= 11 is 0. The number of allylic oxidation sites excluding steroid dienone is 1. The minimum atomic E-state index is -5.55. The fraction of sp³-hybridized carbons (Fsp3) is 0.429. The second-order valence-electron chi connectivity index (χ2n) is 5.59. The number of hydrogen-bond acceptors (Lipinski definition) is 2. The first-order valence-corrected chi connectivity index (χ1v) is 6.36. The van der Waals surface area contributed by atoms with Crippen LogP contribution in [0.4, 0.5) is 26.3 Å². The fourth-order valence-corrected chi connectivity index (χ4v) is 2.70. The zero-order valence-electron chi connectivity index (χ0n) is 11.3. The molecular weight excluding hydrogens is 310 g/mol. The Labute approximate surface area is 122 Å². The predicted octanol–water partition coefficient (Wildman–Crippen LogP) is 3.59. The van der Waals surface area contributed by atoms with Gasteiger partial charge in [0.25, 0.3) is 0 Å². The van der Waals surface area contributed by atoms with Crippen molar-refractivity contribution in [1.82, 2.24) is 0 Å². The van der Waals surface area contributed by atoms with E-state index in [4.69, 9.17) is 11.5 Å². The van der Waals surface area contributed by atoms with E-state index in [9.17, 15) is 26.3 Å². The zero-order valence-corrected chi connectivity index (χ0v) is 11.3. The third-order valence-electron chi connectivity index (χ3n) is 3.70. The Hall–Kier alpha value is -1.54. The van der Waals surface area contributed by atoms with Crippen LogP contribution in [0.2, 0.25) is 0 Å². The summed E-state index contributed by atoms with van der Waals surface area (Å²) in [4.78, 5) is 0. The molecule has 4 N–H and O–H groups in total. The van der Waals surface area contributed by atoms with E-state index in [1.807, 2.05) is 0 Å². The van der Waals surface area contributed by atoms with E-state index < -0.39 is 29.9 Å². The maximum absolute atomic E-state index is 13.2. The van der Waals surface area contributed by atoms with Gasteiger partial charge in [0.2, 0.25) is 0 Å². The summed E-state index contributed by atoms with van der Waals surface area (Å²) in [5.41, 5.74) is 4.94. The average molecular weight is 324 g/mol. The van der Waals surface area contributed by atoms with Crippen LogP contribution in [0, 0.1) is 5.41 Å². The first-order chi connectivity index (χ1) is 9.88. The van der Waals surface area contributed by atoms with Crippen molar-refractivity contribution in [2.45, 2.75) is 30.9 Å². The first-order valence-electron chi connectivity index (χ1n) is 6.36. The molecule has 1 aromatic carbocycles. The molecule has 2 rings (SSSR count). The summed E-state index contributed by atoms with van der Waals surface area (Å²) in [5.74, 6) is 0. The van der Waals surface area contributed by atoms with Crippen LogP contribution in [0.5, 0.6) is 0 Å². The maximum Gasteiger partial charge on any atom is 0.406 e. The molecule has 1 aliphatic carbocycles. The SMILES string of the molecule is NC1(N)CC(c2ccccc2)=CC(C(F)(F)F)(C(F)(F)F)C1. The molecule has 0 fully saturated rings. The fourth-order valence-electron chi connectivity index (χ4n) is 2.70. The molecule has 1 aromatic rings. The number of halogens is 6. The molecule has 22 heavy (non-hydrogen) atoms. The van der Waals surface area contributed by atoms with Gasteiger partial charge in [0.15, 0.2) is 5.41 Å². The first kappa shape index (κ1) is 16.8. The van der Waals surface area contributed by atoms with E-state index in [0.29, 0.717) is 0 Å². The van der Waals surface area contributed by atoms with E-state index >= 15 is 0 Å². The van der Waals surface area contributed by atoms with Crippen LogP contribution < -0.4 is 11.5 Å². The highest BCUT2D eigenvalue weighted by Crippen LogP contribution is 2.58. The Kier molecular flexibility index (Phi) is 3.81. The largest absolute Gasteiger partial charge is 0.406 e. The number of alkyl halides is 6. The topological polar surface area (TPSA) is 52.0 Å². The standard InChI is InChI=1S/C14H14F6N2/c15-13(16,17)11(14(18,19)20)6-10(7-12(21,22)8-11)9-4-2-1-3-5-9/h1-6H,7-8,21-22H2. The molecule has 1 aliphatic rings. The molecule has 0 bridgehead atoms. The number of nitrogens with two attached hydrogens (primary N) is 2. The molecule has 0 saturated carbocycles. The molecular formula is C14H14F6N2. The Morgan fingerprint density at radius 2 is 1.36 bits per heavy atom. The highest BCUT2D eigenvalue weighted by Gasteiger charge is 2.71. The Morgan fingerprint density at radius 1 is 0.864 bits per heavy atom. The third kappa shape index (κ3) is 2.85. The van der Waals surface area contributed by atoms with Gasteiger partial charge in [-0.2, -0.15) is 26.3 Å². The molecule has 0 aromatic heterocycles. The summed E-state index contributed by atoms with van der Waals surface area (Å²) in [6.45, 7) is 0. The maximum atomic E-state index is 13.2. The van der Waals surface area contributed by atoms with Gasteiger partial charge in [-0.05, 0) is 11.1 Å². The van der Waals surface area contributed by atoms with Crippen LogP contribution in [0.3, 0.4) is 0 Å². The Bertz CT molecular complexity index is 557. The highest BCUT2D eigenvalue weighted by atomic mass is 19.4. The monoisotopic (exact) mass is 324 g/mol. The van der Waals surface area contributed by atoms with Gasteiger partial charge < -0.3 is 11.5 Å². The second-order valence-corrected chi connectivity index (χ2v) is 5.59. The average Bonchev–Trinajstić information content (AvgIpc) is 2.35. The molecule has 2 nitrogen and oxygen atoms in total. The van der Waals surface area contributed by atoms with Crippen molar-refractivity contribution < 1.29 is 26.3 Å². The van der Waals surface area contributed by atoms with Gasteiger partial charge in [-0.15, -0.1) is 0 Å². The van der Waals surface area contributed by atoms with E-state index in [0.717, 1.165) is 0 Å². The lowest BCUT2D eigenvalue weighted by molar-refractivity contribution is -0.328. The summed E-state index contributed by atoms with van der Waals surface area (Å²) in [5, 5.41) is 0. The lowest BCUT2D eigenvalue weighted by Gasteiger charge is -2.44. The summed E-state index contributed by atoms with van der Waals surface area (Å²) in [6, 6.07) is 7.48. The minimum absolute atomic E-state index is 0.161. The van der Waals surface area contributed by atoms with Crippen molar-refractivity contribution in [2.24, 2.45) is 16.9 Å². The smallest absolute Gasteiger partial charge is 0.313 e.